The summed E-state index contributed by atoms with van der Waals surface area (Å²) in [5.41, 5.74) is -0.213. The zero-order chi connectivity index (χ0) is 11.3. The number of Topliss-reactive ketones (excluding diaryl/α,β-unsaturated/α-hetero) is 1. The second-order valence-electron chi connectivity index (χ2n) is 2.97. The summed E-state index contributed by atoms with van der Waals surface area (Å²) in [7, 11) is 0. The van der Waals surface area contributed by atoms with Crippen LogP contribution in [-0.4, -0.2) is 19.0 Å². The average Bonchev–Trinajstić information content (AvgIpc) is 2.22. The topological polar surface area (TPSA) is 26.3 Å². The second kappa shape index (κ2) is 5.56. The number of ketones is 1. The summed E-state index contributed by atoms with van der Waals surface area (Å²) in [5.74, 6) is -2.53. The molecule has 82 valence electrons. The van der Waals surface area contributed by atoms with Crippen molar-refractivity contribution in [1.82, 2.24) is 0 Å². The van der Waals surface area contributed by atoms with Crippen LogP contribution in [0, 0.1) is 11.6 Å². The Morgan fingerprint density at radius 1 is 1.40 bits per heavy atom. The van der Waals surface area contributed by atoms with Crippen molar-refractivity contribution in [2.45, 2.75) is 13.3 Å². The highest BCUT2D eigenvalue weighted by atomic mass is 19.2. The van der Waals surface area contributed by atoms with Crippen molar-refractivity contribution in [3.63, 3.8) is 0 Å². The fourth-order valence-electron chi connectivity index (χ4n) is 1.16. The van der Waals surface area contributed by atoms with Gasteiger partial charge in [-0.3, -0.25) is 4.79 Å². The van der Waals surface area contributed by atoms with Crippen LogP contribution in [0.5, 0.6) is 0 Å². The molecule has 0 saturated carbocycles. The molecule has 0 aromatic heterocycles. The molecule has 0 bridgehead atoms. The molecule has 2 nitrogen and oxygen atoms in total. The van der Waals surface area contributed by atoms with E-state index in [9.17, 15) is 13.6 Å². The molecule has 1 aromatic carbocycles. The summed E-state index contributed by atoms with van der Waals surface area (Å²) in [6.07, 6.45) is 0.0637. The molecular weight excluding hydrogens is 202 g/mol. The highest BCUT2D eigenvalue weighted by Gasteiger charge is 2.14. The van der Waals surface area contributed by atoms with E-state index in [1.54, 1.807) is 6.92 Å². The van der Waals surface area contributed by atoms with E-state index in [4.69, 9.17) is 4.74 Å². The third-order valence-electron chi connectivity index (χ3n) is 1.93. The number of rotatable bonds is 5. The van der Waals surface area contributed by atoms with E-state index in [1.807, 2.05) is 0 Å². The third-order valence-corrected chi connectivity index (χ3v) is 1.93. The zero-order valence-corrected chi connectivity index (χ0v) is 8.43. The Labute approximate surface area is 86.9 Å². The Hall–Kier alpha value is -1.29. The van der Waals surface area contributed by atoms with E-state index >= 15 is 0 Å². The van der Waals surface area contributed by atoms with Crippen molar-refractivity contribution >= 4 is 5.78 Å². The molecule has 1 aromatic rings. The largest absolute Gasteiger partial charge is 0.381 e. The predicted molar refractivity (Wildman–Crippen MR) is 51.8 cm³/mol. The minimum atomic E-state index is -1.08. The maximum atomic E-state index is 13.1. The van der Waals surface area contributed by atoms with Crippen LogP contribution in [0.1, 0.15) is 23.7 Å². The molecule has 0 radical (unpaired) electrons. The molecule has 4 heteroatoms. The van der Waals surface area contributed by atoms with E-state index < -0.39 is 17.4 Å². The van der Waals surface area contributed by atoms with E-state index in [2.05, 4.69) is 0 Å². The lowest BCUT2D eigenvalue weighted by Gasteiger charge is -2.03. The number of hydrogen-bond donors (Lipinski definition) is 0. The standard InChI is InChI=1S/C11H12F2O2/c1-2-15-7-6-10(14)8-4-3-5-9(12)11(8)13/h3-5H,2,6-7H2,1H3. The Bertz CT molecular complexity index is 350. The van der Waals surface area contributed by atoms with Gasteiger partial charge in [-0.15, -0.1) is 0 Å². The number of carbonyl (C=O) groups excluding carboxylic acids is 1. The SMILES string of the molecule is CCOCCC(=O)c1cccc(F)c1F. The van der Waals surface area contributed by atoms with Gasteiger partial charge in [0.05, 0.1) is 12.2 Å². The van der Waals surface area contributed by atoms with Crippen molar-refractivity contribution in [3.05, 3.63) is 35.4 Å². The van der Waals surface area contributed by atoms with Gasteiger partial charge in [0.15, 0.2) is 17.4 Å². The van der Waals surface area contributed by atoms with Gasteiger partial charge >= 0.3 is 0 Å². The first-order chi connectivity index (χ1) is 7.16. The molecule has 0 unspecified atom stereocenters. The first-order valence-electron chi connectivity index (χ1n) is 4.71. The molecule has 0 aliphatic carbocycles. The predicted octanol–water partition coefficient (Wildman–Crippen LogP) is 2.57. The van der Waals surface area contributed by atoms with Crippen molar-refractivity contribution in [3.8, 4) is 0 Å². The zero-order valence-electron chi connectivity index (χ0n) is 8.43. The molecule has 0 amide bonds. The fraction of sp³-hybridized carbons (Fsp3) is 0.364. The van der Waals surface area contributed by atoms with Crippen LogP contribution in [0.25, 0.3) is 0 Å². The molecule has 0 heterocycles. The van der Waals surface area contributed by atoms with Gasteiger partial charge in [-0.2, -0.15) is 0 Å². The lowest BCUT2D eigenvalue weighted by molar-refractivity contribution is 0.0891. The van der Waals surface area contributed by atoms with Crippen LogP contribution in [0.15, 0.2) is 18.2 Å². The summed E-state index contributed by atoms with van der Waals surface area (Å²) in [4.78, 5) is 11.4. The molecule has 0 saturated heterocycles. The minimum absolute atomic E-state index is 0.0637. The molecule has 0 spiro atoms. The van der Waals surface area contributed by atoms with Gasteiger partial charge in [-0.1, -0.05) is 6.07 Å². The summed E-state index contributed by atoms with van der Waals surface area (Å²) < 4.78 is 30.9. The number of halogens is 2. The van der Waals surface area contributed by atoms with Crippen LogP contribution in [0.4, 0.5) is 8.78 Å². The number of hydrogen-bond acceptors (Lipinski definition) is 2. The highest BCUT2D eigenvalue weighted by Crippen LogP contribution is 2.13. The number of carbonyl (C=O) groups is 1. The Kier molecular flexibility index (Phi) is 4.37. The van der Waals surface area contributed by atoms with Gasteiger partial charge < -0.3 is 4.74 Å². The molecular formula is C11H12F2O2. The van der Waals surface area contributed by atoms with Gasteiger partial charge in [0.1, 0.15) is 0 Å². The Morgan fingerprint density at radius 3 is 2.80 bits per heavy atom. The molecule has 15 heavy (non-hydrogen) atoms. The number of ether oxygens (including phenoxy) is 1. The van der Waals surface area contributed by atoms with Crippen LogP contribution in [0.2, 0.25) is 0 Å². The van der Waals surface area contributed by atoms with E-state index in [0.29, 0.717) is 6.61 Å². The average molecular weight is 214 g/mol. The van der Waals surface area contributed by atoms with Gasteiger partial charge in [0.25, 0.3) is 0 Å². The van der Waals surface area contributed by atoms with Crippen LogP contribution in [0.3, 0.4) is 0 Å². The lowest BCUT2D eigenvalue weighted by atomic mass is 10.1. The quantitative estimate of drug-likeness (QED) is 0.556. The molecule has 0 fully saturated rings. The van der Waals surface area contributed by atoms with Gasteiger partial charge in [0.2, 0.25) is 0 Å². The monoisotopic (exact) mass is 214 g/mol. The van der Waals surface area contributed by atoms with Gasteiger partial charge in [-0.25, -0.2) is 8.78 Å². The molecule has 0 atom stereocenters. The van der Waals surface area contributed by atoms with Gasteiger partial charge in [-0.05, 0) is 19.1 Å². The second-order valence-corrected chi connectivity index (χ2v) is 2.97. The fourth-order valence-corrected chi connectivity index (χ4v) is 1.16. The molecule has 0 aliphatic heterocycles. The van der Waals surface area contributed by atoms with Crippen LogP contribution < -0.4 is 0 Å². The lowest BCUT2D eigenvalue weighted by Crippen LogP contribution is -2.07. The maximum absolute atomic E-state index is 13.1. The summed E-state index contributed by atoms with van der Waals surface area (Å²) in [5, 5.41) is 0. The summed E-state index contributed by atoms with van der Waals surface area (Å²) in [6, 6.07) is 3.56. The summed E-state index contributed by atoms with van der Waals surface area (Å²) >= 11 is 0. The van der Waals surface area contributed by atoms with Crippen molar-refractivity contribution < 1.29 is 18.3 Å². The van der Waals surface area contributed by atoms with Gasteiger partial charge in [0, 0.05) is 13.0 Å². The third kappa shape index (κ3) is 3.09. The number of benzene rings is 1. The molecule has 1 rings (SSSR count). The first-order valence-corrected chi connectivity index (χ1v) is 4.71. The van der Waals surface area contributed by atoms with Crippen molar-refractivity contribution in [2.75, 3.05) is 13.2 Å². The van der Waals surface area contributed by atoms with Crippen LogP contribution in [-0.2, 0) is 4.74 Å². The minimum Gasteiger partial charge on any atom is -0.381 e. The maximum Gasteiger partial charge on any atom is 0.169 e. The molecule has 0 aliphatic rings. The normalized spacial score (nSPS) is 10.3. The van der Waals surface area contributed by atoms with E-state index in [-0.39, 0.29) is 18.6 Å². The highest BCUT2D eigenvalue weighted by molar-refractivity contribution is 5.96. The first kappa shape index (κ1) is 11.8. The Morgan fingerprint density at radius 2 is 2.13 bits per heavy atom. The molecule has 0 N–H and O–H groups in total. The summed E-state index contributed by atoms with van der Waals surface area (Å²) in [6.45, 7) is 2.53. The van der Waals surface area contributed by atoms with E-state index in [1.165, 1.54) is 12.1 Å². The van der Waals surface area contributed by atoms with Crippen LogP contribution >= 0.6 is 0 Å². The Balaban J connectivity index is 2.69. The van der Waals surface area contributed by atoms with E-state index in [0.717, 1.165) is 6.07 Å². The van der Waals surface area contributed by atoms with Crippen molar-refractivity contribution in [1.29, 1.82) is 0 Å². The smallest absolute Gasteiger partial charge is 0.169 e. The van der Waals surface area contributed by atoms with Crippen molar-refractivity contribution in [2.24, 2.45) is 0 Å².